The van der Waals surface area contributed by atoms with E-state index in [0.717, 1.165) is 25.7 Å². The molecule has 2 heterocycles. The fourth-order valence-electron chi connectivity index (χ4n) is 5.35. The number of hydrogen-bond donors (Lipinski definition) is 3. The van der Waals surface area contributed by atoms with Gasteiger partial charge in [0.05, 0.1) is 21.9 Å². The van der Waals surface area contributed by atoms with E-state index in [4.69, 9.17) is 17.3 Å². The van der Waals surface area contributed by atoms with Crippen molar-refractivity contribution < 1.29 is 19.3 Å². The molecule has 0 bridgehead atoms. The Kier molecular flexibility index (Phi) is 9.17. The summed E-state index contributed by atoms with van der Waals surface area (Å²) in [5.41, 5.74) is 8.06. The number of non-ortho nitro benzene ring substituents is 1. The molecule has 12 nitrogen and oxygen atoms in total. The van der Waals surface area contributed by atoms with E-state index in [1.54, 1.807) is 35.2 Å². The molecule has 5 rings (SSSR count). The van der Waals surface area contributed by atoms with Crippen molar-refractivity contribution >= 4 is 46.4 Å². The Bertz CT molecular complexity index is 1500. The first kappa shape index (κ1) is 29.9. The van der Waals surface area contributed by atoms with E-state index in [1.165, 1.54) is 30.5 Å². The number of amides is 3. The first-order valence-electron chi connectivity index (χ1n) is 14.1. The number of hydrogen-bond acceptors (Lipinski definition) is 8. The van der Waals surface area contributed by atoms with Crippen LogP contribution in [0.2, 0.25) is 5.15 Å². The van der Waals surface area contributed by atoms with Gasteiger partial charge in [0, 0.05) is 67.7 Å². The lowest BCUT2D eigenvalue weighted by Gasteiger charge is -2.37. The van der Waals surface area contributed by atoms with Crippen molar-refractivity contribution in [3.05, 3.63) is 92.8 Å². The van der Waals surface area contributed by atoms with Gasteiger partial charge in [-0.1, -0.05) is 11.6 Å². The fraction of sp³-hybridized carbons (Fsp3) is 0.333. The Labute approximate surface area is 253 Å². The Morgan fingerprint density at radius 3 is 2.16 bits per heavy atom. The number of benzene rings is 2. The smallest absolute Gasteiger partial charge is 0.269 e. The Morgan fingerprint density at radius 2 is 1.53 bits per heavy atom. The van der Waals surface area contributed by atoms with Gasteiger partial charge in [0.25, 0.3) is 23.4 Å². The first-order valence-corrected chi connectivity index (χ1v) is 14.5. The van der Waals surface area contributed by atoms with Crippen molar-refractivity contribution in [1.82, 2.24) is 15.2 Å². The van der Waals surface area contributed by atoms with E-state index < -0.39 is 10.8 Å². The third-order valence-electron chi connectivity index (χ3n) is 7.84. The zero-order valence-corrected chi connectivity index (χ0v) is 24.1. The first-order chi connectivity index (χ1) is 20.7. The van der Waals surface area contributed by atoms with Crippen molar-refractivity contribution in [3.8, 4) is 0 Å². The van der Waals surface area contributed by atoms with Gasteiger partial charge in [0.1, 0.15) is 5.15 Å². The van der Waals surface area contributed by atoms with Crippen LogP contribution in [0.1, 0.15) is 56.8 Å². The molecule has 1 aliphatic carbocycles. The van der Waals surface area contributed by atoms with Crippen LogP contribution in [0.5, 0.6) is 0 Å². The van der Waals surface area contributed by atoms with Crippen LogP contribution < -0.4 is 21.3 Å². The van der Waals surface area contributed by atoms with Crippen LogP contribution in [0.3, 0.4) is 0 Å². The molecule has 0 radical (unpaired) electrons. The molecule has 0 unspecified atom stereocenters. The highest BCUT2D eigenvalue weighted by molar-refractivity contribution is 6.29. The third-order valence-corrected chi connectivity index (χ3v) is 8.06. The topological polar surface area (TPSA) is 164 Å². The number of carbonyl (C=O) groups excluding carboxylic acids is 3. The van der Waals surface area contributed by atoms with Crippen molar-refractivity contribution in [3.63, 3.8) is 0 Å². The maximum atomic E-state index is 13.2. The highest BCUT2D eigenvalue weighted by Gasteiger charge is 2.26. The maximum absolute atomic E-state index is 13.2. The van der Waals surface area contributed by atoms with Gasteiger partial charge in [-0.3, -0.25) is 24.5 Å². The average molecular weight is 606 g/mol. The number of nitrogens with two attached hydrogens (primary N) is 1. The number of nitro groups is 1. The van der Waals surface area contributed by atoms with E-state index in [-0.39, 0.29) is 35.1 Å². The molecule has 1 saturated heterocycles. The molecule has 0 spiro atoms. The molecule has 224 valence electrons. The second-order valence-electron chi connectivity index (χ2n) is 10.7. The lowest BCUT2D eigenvalue weighted by Crippen LogP contribution is -2.49. The number of rotatable bonds is 7. The molecular weight excluding hydrogens is 574 g/mol. The van der Waals surface area contributed by atoms with E-state index in [9.17, 15) is 24.5 Å². The maximum Gasteiger partial charge on any atom is 0.269 e. The number of aromatic nitrogens is 1. The molecule has 3 amide bonds. The van der Waals surface area contributed by atoms with Gasteiger partial charge in [0.2, 0.25) is 0 Å². The summed E-state index contributed by atoms with van der Waals surface area (Å²) in [7, 11) is 0. The summed E-state index contributed by atoms with van der Waals surface area (Å²) in [6.07, 6.45) is 4.77. The molecule has 2 aliphatic rings. The van der Waals surface area contributed by atoms with Gasteiger partial charge in [0.15, 0.2) is 0 Å². The van der Waals surface area contributed by atoms with E-state index >= 15 is 0 Å². The fourth-order valence-corrected chi connectivity index (χ4v) is 5.46. The quantitative estimate of drug-likeness (QED) is 0.208. The number of nitro benzene ring substituents is 1. The van der Waals surface area contributed by atoms with Gasteiger partial charge in [-0.15, -0.1) is 0 Å². The molecule has 3 aromatic rings. The predicted octanol–water partition coefficient (Wildman–Crippen LogP) is 3.86. The molecule has 13 heteroatoms. The summed E-state index contributed by atoms with van der Waals surface area (Å²) in [6, 6.07) is 13.9. The van der Waals surface area contributed by atoms with Crippen molar-refractivity contribution in [1.29, 1.82) is 0 Å². The van der Waals surface area contributed by atoms with Crippen LogP contribution in [0, 0.1) is 10.1 Å². The normalized spacial score (nSPS) is 18.6. The van der Waals surface area contributed by atoms with Crippen LogP contribution in [0.4, 0.5) is 17.1 Å². The average Bonchev–Trinajstić information content (AvgIpc) is 3.02. The molecule has 1 saturated carbocycles. The third kappa shape index (κ3) is 7.27. The lowest BCUT2D eigenvalue weighted by molar-refractivity contribution is -0.384. The minimum absolute atomic E-state index is 0.0339. The number of carbonyl (C=O) groups is 3. The Balaban J connectivity index is 1.34. The minimum Gasteiger partial charge on any atom is -0.366 e. The summed E-state index contributed by atoms with van der Waals surface area (Å²) in [6.45, 7) is 1.84. The van der Waals surface area contributed by atoms with Gasteiger partial charge in [-0.05, 0) is 68.1 Å². The Morgan fingerprint density at radius 1 is 0.884 bits per heavy atom. The standard InChI is InChI=1S/C30H32ClN7O5/c31-27-12-4-21(18-33-27)30(41)37-15-13-36(14-16-37)26-11-3-20(29(40)34-23-7-5-22(32)6-8-23)17-25(26)35-28(39)19-1-9-24(10-2-19)38(42)43/h1-4,9-12,17-18,22-23H,5-8,13-16,32H2,(H,34,40)(H,35,39). The SMILES string of the molecule is NC1CCC(NC(=O)c2ccc(N3CCN(C(=O)c4ccc(Cl)nc4)CC3)c(NC(=O)c3ccc([N+](=O)[O-])cc3)c2)CC1. The summed E-state index contributed by atoms with van der Waals surface area (Å²) >= 11 is 5.85. The van der Waals surface area contributed by atoms with Crippen molar-refractivity contribution in [2.75, 3.05) is 36.4 Å². The number of nitrogens with one attached hydrogen (secondary N) is 2. The molecule has 2 aromatic carbocycles. The predicted molar refractivity (Wildman–Crippen MR) is 163 cm³/mol. The van der Waals surface area contributed by atoms with Crippen LogP contribution in [-0.4, -0.2) is 70.8 Å². The highest BCUT2D eigenvalue weighted by atomic mass is 35.5. The van der Waals surface area contributed by atoms with Crippen molar-refractivity contribution in [2.45, 2.75) is 37.8 Å². The highest BCUT2D eigenvalue weighted by Crippen LogP contribution is 2.30. The number of anilines is 2. The molecule has 2 fully saturated rings. The summed E-state index contributed by atoms with van der Waals surface area (Å²) in [5.74, 6) is -0.866. The summed E-state index contributed by atoms with van der Waals surface area (Å²) in [4.78, 5) is 57.6. The van der Waals surface area contributed by atoms with E-state index in [0.29, 0.717) is 53.8 Å². The van der Waals surface area contributed by atoms with Crippen LogP contribution in [-0.2, 0) is 0 Å². The Hall–Kier alpha value is -4.55. The van der Waals surface area contributed by atoms with Gasteiger partial charge in [-0.25, -0.2) is 4.98 Å². The molecule has 1 aromatic heterocycles. The van der Waals surface area contributed by atoms with E-state index in [1.807, 2.05) is 4.90 Å². The van der Waals surface area contributed by atoms with Crippen LogP contribution in [0.15, 0.2) is 60.8 Å². The van der Waals surface area contributed by atoms with Gasteiger partial charge in [-0.2, -0.15) is 0 Å². The lowest BCUT2D eigenvalue weighted by atomic mass is 9.91. The van der Waals surface area contributed by atoms with Gasteiger partial charge < -0.3 is 26.2 Å². The van der Waals surface area contributed by atoms with Crippen molar-refractivity contribution in [2.24, 2.45) is 5.73 Å². The molecular formula is C30H32ClN7O5. The second-order valence-corrected chi connectivity index (χ2v) is 11.1. The summed E-state index contributed by atoms with van der Waals surface area (Å²) in [5, 5.41) is 17.3. The van der Waals surface area contributed by atoms with Crippen LogP contribution >= 0.6 is 11.6 Å². The van der Waals surface area contributed by atoms with Crippen LogP contribution in [0.25, 0.3) is 0 Å². The molecule has 1 aliphatic heterocycles. The van der Waals surface area contributed by atoms with Gasteiger partial charge >= 0.3 is 0 Å². The summed E-state index contributed by atoms with van der Waals surface area (Å²) < 4.78 is 0. The number of pyridine rings is 1. The van der Waals surface area contributed by atoms with E-state index in [2.05, 4.69) is 15.6 Å². The largest absolute Gasteiger partial charge is 0.366 e. The zero-order valence-electron chi connectivity index (χ0n) is 23.4. The second kappa shape index (κ2) is 13.2. The molecule has 43 heavy (non-hydrogen) atoms. The number of nitrogens with zero attached hydrogens (tertiary/aromatic N) is 4. The molecule has 4 N–H and O–H groups in total. The number of halogens is 1. The molecule has 0 atom stereocenters. The number of piperazine rings is 1. The minimum atomic E-state index is -0.532. The monoisotopic (exact) mass is 605 g/mol. The zero-order chi connectivity index (χ0) is 30.5.